The lowest BCUT2D eigenvalue weighted by Gasteiger charge is -2.00. The largest absolute Gasteiger partial charge is 0.507 e. The molecule has 11 heavy (non-hydrogen) atoms. The molecule has 0 amide bonds. The van der Waals surface area contributed by atoms with E-state index in [4.69, 9.17) is 5.73 Å². The number of halogens is 1. The minimum absolute atomic E-state index is 0.274. The van der Waals surface area contributed by atoms with Crippen LogP contribution in [0.3, 0.4) is 0 Å². The Bertz CT molecular complexity index is 250. The van der Waals surface area contributed by atoms with Gasteiger partial charge in [0.2, 0.25) is 0 Å². The van der Waals surface area contributed by atoms with Crippen LogP contribution in [0.25, 0.3) is 0 Å². The summed E-state index contributed by atoms with van der Waals surface area (Å²) in [6, 6.07) is 5.48. The van der Waals surface area contributed by atoms with Crippen molar-refractivity contribution in [2.45, 2.75) is 6.42 Å². The molecule has 0 aromatic heterocycles. The zero-order valence-electron chi connectivity index (χ0n) is 6.05. The smallest absolute Gasteiger partial charge is 0.130 e. The topological polar surface area (TPSA) is 46.2 Å². The third kappa shape index (κ3) is 2.20. The lowest BCUT2D eigenvalue weighted by molar-refractivity contribution is 0.471. The van der Waals surface area contributed by atoms with Crippen molar-refractivity contribution in [2.24, 2.45) is 5.73 Å². The van der Waals surface area contributed by atoms with Crippen molar-refractivity contribution in [3.05, 3.63) is 28.2 Å². The van der Waals surface area contributed by atoms with Gasteiger partial charge in [0.25, 0.3) is 0 Å². The van der Waals surface area contributed by atoms with Crippen molar-refractivity contribution in [3.8, 4) is 5.75 Å². The maximum Gasteiger partial charge on any atom is 0.130 e. The van der Waals surface area contributed by atoms with E-state index in [1.807, 2.05) is 12.1 Å². The van der Waals surface area contributed by atoms with Crippen molar-refractivity contribution in [1.29, 1.82) is 0 Å². The molecule has 0 atom stereocenters. The van der Waals surface area contributed by atoms with Gasteiger partial charge in [-0.25, -0.2) is 0 Å². The fraction of sp³-hybridized carbons (Fsp3) is 0.250. The van der Waals surface area contributed by atoms with Crippen LogP contribution in [0, 0.1) is 0 Å². The summed E-state index contributed by atoms with van der Waals surface area (Å²) in [5.41, 5.74) is 6.42. The first kappa shape index (κ1) is 8.56. The number of phenols is 1. The average Bonchev–Trinajstić information content (AvgIpc) is 1.98. The first-order valence-corrected chi connectivity index (χ1v) is 4.21. The maximum atomic E-state index is 9.24. The van der Waals surface area contributed by atoms with E-state index in [2.05, 4.69) is 15.9 Å². The molecule has 0 fully saturated rings. The Hall–Kier alpha value is -0.540. The summed E-state index contributed by atoms with van der Waals surface area (Å²) in [7, 11) is 0. The zero-order valence-corrected chi connectivity index (χ0v) is 7.63. The summed E-state index contributed by atoms with van der Waals surface area (Å²) in [4.78, 5) is 0. The molecule has 0 aliphatic heterocycles. The molecule has 0 heterocycles. The zero-order chi connectivity index (χ0) is 8.27. The van der Waals surface area contributed by atoms with E-state index in [0.717, 1.165) is 16.5 Å². The van der Waals surface area contributed by atoms with E-state index in [1.54, 1.807) is 6.07 Å². The molecule has 0 bridgehead atoms. The molecule has 0 aliphatic carbocycles. The second-order valence-electron chi connectivity index (χ2n) is 2.32. The molecule has 0 saturated carbocycles. The highest BCUT2D eigenvalue weighted by molar-refractivity contribution is 9.10. The molecule has 1 rings (SSSR count). The number of rotatable bonds is 2. The Morgan fingerprint density at radius 2 is 2.18 bits per heavy atom. The summed E-state index contributed by atoms with van der Waals surface area (Å²) < 4.78 is 0.721. The van der Waals surface area contributed by atoms with Crippen molar-refractivity contribution in [3.63, 3.8) is 0 Å². The molecule has 1 aromatic rings. The lowest BCUT2D eigenvalue weighted by Crippen LogP contribution is -2.02. The van der Waals surface area contributed by atoms with E-state index in [1.165, 1.54) is 0 Å². The highest BCUT2D eigenvalue weighted by Crippen LogP contribution is 2.24. The molecular formula is C8H10BrNO. The fourth-order valence-corrected chi connectivity index (χ4v) is 1.13. The first-order chi connectivity index (χ1) is 5.24. The van der Waals surface area contributed by atoms with Crippen LogP contribution < -0.4 is 5.73 Å². The average molecular weight is 216 g/mol. The monoisotopic (exact) mass is 215 g/mol. The van der Waals surface area contributed by atoms with Gasteiger partial charge in [0, 0.05) is 0 Å². The Kier molecular flexibility index (Phi) is 2.91. The van der Waals surface area contributed by atoms with Crippen molar-refractivity contribution >= 4 is 15.9 Å². The van der Waals surface area contributed by atoms with Crippen LogP contribution >= 0.6 is 15.9 Å². The molecule has 0 radical (unpaired) electrons. The van der Waals surface area contributed by atoms with E-state index in [-0.39, 0.29) is 5.75 Å². The van der Waals surface area contributed by atoms with E-state index < -0.39 is 0 Å². The van der Waals surface area contributed by atoms with Gasteiger partial charge in [-0.15, -0.1) is 0 Å². The summed E-state index contributed by atoms with van der Waals surface area (Å²) in [6.07, 6.45) is 0.806. The normalized spacial score (nSPS) is 10.0. The standard InChI is InChI=1S/C8H10BrNO/c9-7-2-1-6(3-4-10)5-8(7)11/h1-2,5,11H,3-4,10H2. The van der Waals surface area contributed by atoms with Crippen LogP contribution in [-0.4, -0.2) is 11.7 Å². The van der Waals surface area contributed by atoms with Crippen LogP contribution in [0.15, 0.2) is 22.7 Å². The third-order valence-corrected chi connectivity index (χ3v) is 2.11. The molecule has 0 saturated heterocycles. The summed E-state index contributed by atoms with van der Waals surface area (Å²) in [6.45, 7) is 0.612. The number of aromatic hydroxyl groups is 1. The van der Waals surface area contributed by atoms with Gasteiger partial charge in [-0.05, 0) is 46.6 Å². The second kappa shape index (κ2) is 3.74. The third-order valence-electron chi connectivity index (χ3n) is 1.44. The van der Waals surface area contributed by atoms with Gasteiger partial charge in [0.1, 0.15) is 5.75 Å². The number of hydrogen-bond donors (Lipinski definition) is 2. The quantitative estimate of drug-likeness (QED) is 0.789. The molecule has 0 spiro atoms. The molecular weight excluding hydrogens is 206 g/mol. The van der Waals surface area contributed by atoms with Crippen LogP contribution in [0.2, 0.25) is 0 Å². The minimum atomic E-state index is 0.274. The van der Waals surface area contributed by atoms with Crippen molar-refractivity contribution < 1.29 is 5.11 Å². The van der Waals surface area contributed by atoms with Gasteiger partial charge in [-0.3, -0.25) is 0 Å². The molecule has 0 aliphatic rings. The van der Waals surface area contributed by atoms with Crippen LogP contribution in [0.5, 0.6) is 5.75 Å². The van der Waals surface area contributed by atoms with E-state index in [0.29, 0.717) is 6.54 Å². The summed E-state index contributed by atoms with van der Waals surface area (Å²) in [5.74, 6) is 0.274. The van der Waals surface area contributed by atoms with E-state index >= 15 is 0 Å². The number of phenolic OH excluding ortho intramolecular Hbond substituents is 1. The number of nitrogens with two attached hydrogens (primary N) is 1. The van der Waals surface area contributed by atoms with Gasteiger partial charge in [0.15, 0.2) is 0 Å². The van der Waals surface area contributed by atoms with Gasteiger partial charge in [-0.1, -0.05) is 6.07 Å². The van der Waals surface area contributed by atoms with Gasteiger partial charge in [-0.2, -0.15) is 0 Å². The highest BCUT2D eigenvalue weighted by atomic mass is 79.9. The van der Waals surface area contributed by atoms with Crippen LogP contribution in [0.1, 0.15) is 5.56 Å². The predicted octanol–water partition coefficient (Wildman–Crippen LogP) is 1.66. The summed E-state index contributed by atoms with van der Waals surface area (Å²) >= 11 is 3.20. The Balaban J connectivity index is 2.86. The van der Waals surface area contributed by atoms with Crippen LogP contribution in [-0.2, 0) is 6.42 Å². The summed E-state index contributed by atoms with van der Waals surface area (Å²) in [5, 5.41) is 9.24. The van der Waals surface area contributed by atoms with Gasteiger partial charge >= 0.3 is 0 Å². The number of hydrogen-bond acceptors (Lipinski definition) is 2. The van der Waals surface area contributed by atoms with Crippen LogP contribution in [0.4, 0.5) is 0 Å². The maximum absolute atomic E-state index is 9.24. The van der Waals surface area contributed by atoms with Crippen molar-refractivity contribution in [2.75, 3.05) is 6.54 Å². The Morgan fingerprint density at radius 1 is 1.45 bits per heavy atom. The second-order valence-corrected chi connectivity index (χ2v) is 3.18. The lowest BCUT2D eigenvalue weighted by atomic mass is 10.1. The molecule has 1 aromatic carbocycles. The molecule has 3 heteroatoms. The molecule has 2 nitrogen and oxygen atoms in total. The van der Waals surface area contributed by atoms with Gasteiger partial charge in [0.05, 0.1) is 4.47 Å². The predicted molar refractivity (Wildman–Crippen MR) is 48.6 cm³/mol. The number of benzene rings is 1. The fourth-order valence-electron chi connectivity index (χ4n) is 0.880. The molecule has 0 unspecified atom stereocenters. The first-order valence-electron chi connectivity index (χ1n) is 3.41. The van der Waals surface area contributed by atoms with Crippen molar-refractivity contribution in [1.82, 2.24) is 0 Å². The Labute approximate surface area is 74.2 Å². The Morgan fingerprint density at radius 3 is 2.73 bits per heavy atom. The molecule has 3 N–H and O–H groups in total. The molecule has 60 valence electrons. The minimum Gasteiger partial charge on any atom is -0.507 e. The van der Waals surface area contributed by atoms with Gasteiger partial charge < -0.3 is 10.8 Å². The highest BCUT2D eigenvalue weighted by Gasteiger charge is 1.97. The SMILES string of the molecule is NCCc1ccc(Br)c(O)c1. The van der Waals surface area contributed by atoms with E-state index in [9.17, 15) is 5.11 Å².